The van der Waals surface area contributed by atoms with E-state index in [1.54, 1.807) is 12.1 Å². The van der Waals surface area contributed by atoms with Crippen LogP contribution in [0.15, 0.2) is 22.7 Å². The zero-order valence-electron chi connectivity index (χ0n) is 12.2. The maximum Gasteiger partial charge on any atom is 0.335 e. The smallest absolute Gasteiger partial charge is 0.335 e. The highest BCUT2D eigenvalue weighted by molar-refractivity contribution is 9.10. The number of hydrogen-bond donors (Lipinski definition) is 1. The average Bonchev–Trinajstić information content (AvgIpc) is 2.36. The van der Waals surface area contributed by atoms with E-state index in [1.165, 1.54) is 25.7 Å². The van der Waals surface area contributed by atoms with Crippen LogP contribution in [-0.2, 0) is 0 Å². The number of carbonyl (C=O) groups is 1. The number of carboxylic acids is 1. The van der Waals surface area contributed by atoms with Gasteiger partial charge in [-0.15, -0.1) is 0 Å². The Morgan fingerprint density at radius 1 is 1.30 bits per heavy atom. The fourth-order valence-corrected chi connectivity index (χ4v) is 3.82. The van der Waals surface area contributed by atoms with Crippen molar-refractivity contribution < 1.29 is 9.90 Å². The van der Waals surface area contributed by atoms with Gasteiger partial charge in [0.15, 0.2) is 0 Å². The zero-order chi connectivity index (χ0) is 14.8. The summed E-state index contributed by atoms with van der Waals surface area (Å²) in [5.41, 5.74) is 1.79. The van der Waals surface area contributed by atoms with Gasteiger partial charge in [-0.2, -0.15) is 0 Å². The van der Waals surface area contributed by atoms with Crippen molar-refractivity contribution in [1.29, 1.82) is 0 Å². The highest BCUT2D eigenvalue weighted by Gasteiger charge is 2.41. The SMILES string of the molecule is CCCC1(CCC)CN(c2cc(C(=O)O)ccc2Br)C1. The Labute approximate surface area is 129 Å². The van der Waals surface area contributed by atoms with Crippen LogP contribution in [-0.4, -0.2) is 24.2 Å². The highest BCUT2D eigenvalue weighted by atomic mass is 79.9. The summed E-state index contributed by atoms with van der Waals surface area (Å²) in [6, 6.07) is 5.24. The summed E-state index contributed by atoms with van der Waals surface area (Å²) < 4.78 is 0.976. The topological polar surface area (TPSA) is 40.5 Å². The number of hydrogen-bond acceptors (Lipinski definition) is 2. The number of anilines is 1. The number of rotatable bonds is 6. The minimum absolute atomic E-state index is 0.353. The highest BCUT2D eigenvalue weighted by Crippen LogP contribution is 2.44. The van der Waals surface area contributed by atoms with Crippen molar-refractivity contribution in [3.63, 3.8) is 0 Å². The number of benzene rings is 1. The van der Waals surface area contributed by atoms with E-state index in [2.05, 4.69) is 34.7 Å². The van der Waals surface area contributed by atoms with Crippen LogP contribution < -0.4 is 4.90 Å². The monoisotopic (exact) mass is 339 g/mol. The van der Waals surface area contributed by atoms with Gasteiger partial charge in [-0.05, 0) is 47.0 Å². The van der Waals surface area contributed by atoms with Gasteiger partial charge in [-0.3, -0.25) is 0 Å². The average molecular weight is 340 g/mol. The summed E-state index contributed by atoms with van der Waals surface area (Å²) in [7, 11) is 0. The molecule has 1 fully saturated rings. The molecule has 0 aliphatic carbocycles. The number of nitrogens with zero attached hydrogens (tertiary/aromatic N) is 1. The Hall–Kier alpha value is -1.03. The molecule has 1 heterocycles. The van der Waals surface area contributed by atoms with E-state index in [0.717, 1.165) is 23.2 Å². The first-order valence-corrected chi connectivity index (χ1v) is 8.08. The molecular formula is C16H22BrNO2. The second kappa shape index (κ2) is 6.17. The van der Waals surface area contributed by atoms with Crippen molar-refractivity contribution in [2.45, 2.75) is 39.5 Å². The van der Waals surface area contributed by atoms with Crippen LogP contribution in [0.25, 0.3) is 0 Å². The Morgan fingerprint density at radius 3 is 2.40 bits per heavy atom. The van der Waals surface area contributed by atoms with Crippen LogP contribution in [0.1, 0.15) is 49.9 Å². The van der Waals surface area contributed by atoms with Crippen LogP contribution in [0.2, 0.25) is 0 Å². The van der Waals surface area contributed by atoms with Crippen molar-refractivity contribution in [2.75, 3.05) is 18.0 Å². The van der Waals surface area contributed by atoms with E-state index in [9.17, 15) is 4.79 Å². The molecule has 0 spiro atoms. The van der Waals surface area contributed by atoms with Gasteiger partial charge in [0.25, 0.3) is 0 Å². The van der Waals surface area contributed by atoms with E-state index in [1.807, 2.05) is 6.07 Å². The molecule has 3 nitrogen and oxygen atoms in total. The lowest BCUT2D eigenvalue weighted by Gasteiger charge is -2.52. The molecule has 0 atom stereocenters. The lowest BCUT2D eigenvalue weighted by Crippen LogP contribution is -2.56. The van der Waals surface area contributed by atoms with E-state index >= 15 is 0 Å². The second-order valence-corrected chi connectivity index (χ2v) is 6.68. The van der Waals surface area contributed by atoms with Gasteiger partial charge < -0.3 is 10.0 Å². The summed E-state index contributed by atoms with van der Waals surface area (Å²) in [6.45, 7) is 6.55. The Morgan fingerprint density at radius 2 is 1.90 bits per heavy atom. The predicted octanol–water partition coefficient (Wildman–Crippen LogP) is 4.55. The summed E-state index contributed by atoms with van der Waals surface area (Å²) in [5, 5.41) is 9.11. The first-order valence-electron chi connectivity index (χ1n) is 7.29. The maximum atomic E-state index is 11.1. The van der Waals surface area contributed by atoms with Crippen molar-refractivity contribution in [3.05, 3.63) is 28.2 Å². The molecule has 1 aliphatic rings. The fourth-order valence-electron chi connectivity index (χ4n) is 3.32. The molecule has 0 aromatic heterocycles. The van der Waals surface area contributed by atoms with Gasteiger partial charge in [-0.1, -0.05) is 26.7 Å². The molecule has 0 radical (unpaired) electrons. The van der Waals surface area contributed by atoms with E-state index < -0.39 is 5.97 Å². The molecule has 110 valence electrons. The van der Waals surface area contributed by atoms with Gasteiger partial charge in [0.05, 0.1) is 11.3 Å². The largest absolute Gasteiger partial charge is 0.478 e. The maximum absolute atomic E-state index is 11.1. The lowest BCUT2D eigenvalue weighted by molar-refractivity contribution is 0.0697. The van der Waals surface area contributed by atoms with E-state index in [0.29, 0.717) is 11.0 Å². The van der Waals surface area contributed by atoms with Crippen molar-refractivity contribution in [2.24, 2.45) is 5.41 Å². The summed E-state index contributed by atoms with van der Waals surface area (Å²) in [4.78, 5) is 13.4. The fraction of sp³-hybridized carbons (Fsp3) is 0.562. The number of carboxylic acid groups (broad SMARTS) is 1. The quantitative estimate of drug-likeness (QED) is 0.826. The predicted molar refractivity (Wildman–Crippen MR) is 85.6 cm³/mol. The molecule has 0 amide bonds. The first kappa shape index (κ1) is 15.4. The third-order valence-corrected chi connectivity index (χ3v) is 4.82. The third-order valence-electron chi connectivity index (χ3n) is 4.15. The van der Waals surface area contributed by atoms with E-state index in [-0.39, 0.29) is 0 Å². The minimum atomic E-state index is -0.868. The van der Waals surface area contributed by atoms with Gasteiger partial charge in [0.1, 0.15) is 0 Å². The molecule has 1 aliphatic heterocycles. The molecule has 1 saturated heterocycles. The van der Waals surface area contributed by atoms with E-state index in [4.69, 9.17) is 5.11 Å². The Balaban J connectivity index is 2.15. The van der Waals surface area contributed by atoms with Crippen LogP contribution in [0.5, 0.6) is 0 Å². The van der Waals surface area contributed by atoms with Gasteiger partial charge in [0, 0.05) is 23.0 Å². The van der Waals surface area contributed by atoms with Crippen molar-refractivity contribution in [3.8, 4) is 0 Å². The second-order valence-electron chi connectivity index (χ2n) is 5.83. The third kappa shape index (κ3) is 3.00. The van der Waals surface area contributed by atoms with Gasteiger partial charge in [0.2, 0.25) is 0 Å². The molecule has 0 unspecified atom stereocenters. The normalized spacial score (nSPS) is 16.9. The summed E-state index contributed by atoms with van der Waals surface area (Å²) in [6.07, 6.45) is 4.94. The van der Waals surface area contributed by atoms with Gasteiger partial charge in [-0.25, -0.2) is 4.79 Å². The minimum Gasteiger partial charge on any atom is -0.478 e. The number of halogens is 1. The Bertz CT molecular complexity index is 487. The zero-order valence-corrected chi connectivity index (χ0v) is 13.7. The van der Waals surface area contributed by atoms with Crippen LogP contribution in [0.4, 0.5) is 5.69 Å². The molecule has 20 heavy (non-hydrogen) atoms. The van der Waals surface area contributed by atoms with Crippen molar-refractivity contribution >= 4 is 27.6 Å². The van der Waals surface area contributed by atoms with Gasteiger partial charge >= 0.3 is 5.97 Å². The number of aromatic carboxylic acids is 1. The molecule has 0 saturated carbocycles. The standard InChI is InChI=1S/C16H22BrNO2/c1-3-7-16(8-4-2)10-18(11-16)14-9-12(15(19)20)5-6-13(14)17/h5-6,9H,3-4,7-8,10-11H2,1-2H3,(H,19,20). The molecule has 2 rings (SSSR count). The van der Waals surface area contributed by atoms with Crippen LogP contribution >= 0.6 is 15.9 Å². The molecule has 1 aromatic carbocycles. The van der Waals surface area contributed by atoms with Crippen molar-refractivity contribution in [1.82, 2.24) is 0 Å². The molecule has 0 bridgehead atoms. The Kier molecular flexibility index (Phi) is 4.74. The van der Waals surface area contributed by atoms with Crippen LogP contribution in [0, 0.1) is 5.41 Å². The van der Waals surface area contributed by atoms with Crippen LogP contribution in [0.3, 0.4) is 0 Å². The molecule has 1 aromatic rings. The summed E-state index contributed by atoms with van der Waals surface area (Å²) in [5.74, 6) is -0.868. The summed E-state index contributed by atoms with van der Waals surface area (Å²) >= 11 is 3.54. The first-order chi connectivity index (χ1) is 9.51. The molecular weight excluding hydrogens is 318 g/mol. The lowest BCUT2D eigenvalue weighted by atomic mass is 9.72. The molecule has 4 heteroatoms. The molecule has 1 N–H and O–H groups in total.